The van der Waals surface area contributed by atoms with Gasteiger partial charge in [0.1, 0.15) is 0 Å². The zero-order valence-corrected chi connectivity index (χ0v) is 16.8. The second-order valence-corrected chi connectivity index (χ2v) is 11.1. The number of halogens is 1. The summed E-state index contributed by atoms with van der Waals surface area (Å²) in [7, 11) is 0. The lowest BCUT2D eigenvalue weighted by Gasteiger charge is -2.64. The van der Waals surface area contributed by atoms with Crippen molar-refractivity contribution in [2.75, 3.05) is 11.5 Å². The molecule has 0 aromatic heterocycles. The molecule has 5 fully saturated rings. The Labute approximate surface area is 161 Å². The number of thioether (sulfide) groups is 1. The van der Waals surface area contributed by atoms with Gasteiger partial charge < -0.3 is 5.32 Å². The predicted octanol–water partition coefficient (Wildman–Crippen LogP) is 5.66. The molecule has 0 unspecified atom stereocenters. The highest BCUT2D eigenvalue weighted by atomic mass is 35.5. The zero-order chi connectivity index (χ0) is 17.1. The first-order valence-electron chi connectivity index (χ1n) is 10.2. The molecule has 1 heterocycles. The maximum absolute atomic E-state index is 6.18. The molecule has 3 heteroatoms. The molecule has 0 radical (unpaired) electrons. The molecule has 4 aliphatic carbocycles. The van der Waals surface area contributed by atoms with Crippen LogP contribution in [0.2, 0.25) is 5.02 Å². The summed E-state index contributed by atoms with van der Waals surface area (Å²) in [4.78, 5) is 0. The van der Waals surface area contributed by atoms with Crippen LogP contribution in [0.3, 0.4) is 0 Å². The van der Waals surface area contributed by atoms with Crippen LogP contribution in [0.25, 0.3) is 0 Å². The summed E-state index contributed by atoms with van der Waals surface area (Å²) in [5.74, 6) is 4.55. The first-order chi connectivity index (χ1) is 12.1. The largest absolute Gasteiger partial charge is 0.310 e. The summed E-state index contributed by atoms with van der Waals surface area (Å²) >= 11 is 8.30. The van der Waals surface area contributed by atoms with Crippen molar-refractivity contribution in [2.45, 2.75) is 69.4 Å². The van der Waals surface area contributed by atoms with E-state index in [1.54, 1.807) is 5.56 Å². The second kappa shape index (κ2) is 6.17. The van der Waals surface area contributed by atoms with Crippen LogP contribution in [-0.4, -0.2) is 23.6 Å². The summed E-state index contributed by atoms with van der Waals surface area (Å²) in [6.45, 7) is 2.51. The van der Waals surface area contributed by atoms with Gasteiger partial charge in [-0.05, 0) is 98.0 Å². The molecule has 6 rings (SSSR count). The van der Waals surface area contributed by atoms with Crippen LogP contribution in [0.1, 0.15) is 57.4 Å². The van der Waals surface area contributed by atoms with E-state index >= 15 is 0 Å². The molecule has 1 aromatic rings. The minimum absolute atomic E-state index is 0.426. The van der Waals surface area contributed by atoms with Crippen LogP contribution in [-0.2, 0) is 5.41 Å². The van der Waals surface area contributed by atoms with E-state index < -0.39 is 0 Å². The number of nitrogens with one attached hydrogen (secondary N) is 1. The van der Waals surface area contributed by atoms with E-state index in [-0.39, 0.29) is 0 Å². The third-order valence-corrected chi connectivity index (χ3v) is 9.31. The van der Waals surface area contributed by atoms with Crippen molar-refractivity contribution < 1.29 is 0 Å². The second-order valence-electron chi connectivity index (χ2n) is 9.56. The van der Waals surface area contributed by atoms with Gasteiger partial charge in [0.25, 0.3) is 0 Å². The van der Waals surface area contributed by atoms with Crippen LogP contribution in [0.15, 0.2) is 24.3 Å². The van der Waals surface area contributed by atoms with Crippen LogP contribution < -0.4 is 5.32 Å². The van der Waals surface area contributed by atoms with Crippen molar-refractivity contribution in [1.82, 2.24) is 5.32 Å². The van der Waals surface area contributed by atoms with E-state index in [1.807, 2.05) is 0 Å². The van der Waals surface area contributed by atoms with E-state index in [0.717, 1.165) is 22.9 Å². The Kier molecular flexibility index (Phi) is 4.19. The molecule has 1 aromatic carbocycles. The maximum Gasteiger partial charge on any atom is 0.0406 e. The number of benzene rings is 1. The van der Waals surface area contributed by atoms with E-state index in [9.17, 15) is 0 Å². The number of hydrogen-bond acceptors (Lipinski definition) is 2. The Morgan fingerprint density at radius 1 is 1.12 bits per heavy atom. The molecule has 5 aliphatic rings. The third-order valence-electron chi connectivity index (χ3n) is 7.90. The molecule has 0 spiro atoms. The molecular weight excluding hydrogens is 346 g/mol. The van der Waals surface area contributed by atoms with Gasteiger partial charge >= 0.3 is 0 Å². The van der Waals surface area contributed by atoms with Gasteiger partial charge in [0, 0.05) is 22.9 Å². The first kappa shape index (κ1) is 17.0. The van der Waals surface area contributed by atoms with E-state index in [1.165, 1.54) is 56.5 Å². The van der Waals surface area contributed by atoms with E-state index in [2.05, 4.69) is 48.3 Å². The first-order valence-corrected chi connectivity index (χ1v) is 11.7. The van der Waals surface area contributed by atoms with Crippen molar-refractivity contribution in [2.24, 2.45) is 17.3 Å². The quantitative estimate of drug-likeness (QED) is 0.728. The maximum atomic E-state index is 6.18. The molecule has 4 atom stereocenters. The molecule has 136 valence electrons. The van der Waals surface area contributed by atoms with Crippen molar-refractivity contribution in [3.05, 3.63) is 34.9 Å². The molecule has 1 aliphatic heterocycles. The van der Waals surface area contributed by atoms with Crippen molar-refractivity contribution in [1.29, 1.82) is 0 Å². The lowest BCUT2D eigenvalue weighted by Crippen LogP contribution is -2.61. The van der Waals surface area contributed by atoms with E-state index in [4.69, 9.17) is 11.6 Å². The van der Waals surface area contributed by atoms with Crippen molar-refractivity contribution in [3.8, 4) is 0 Å². The smallest absolute Gasteiger partial charge is 0.0406 e. The zero-order valence-electron chi connectivity index (χ0n) is 15.3. The van der Waals surface area contributed by atoms with Gasteiger partial charge in [0.05, 0.1) is 0 Å². The topological polar surface area (TPSA) is 12.0 Å². The van der Waals surface area contributed by atoms with Gasteiger partial charge in [-0.1, -0.05) is 23.7 Å². The fraction of sp³-hybridized carbons (Fsp3) is 0.727. The highest BCUT2D eigenvalue weighted by Gasteiger charge is 2.59. The standard InChI is InChI=1S/C22H30ClNS/c1-15(24-20-6-7-25-13-20)21-9-16-8-17(10-21)12-22(11-16,14-21)18-2-4-19(23)5-3-18/h2-5,15-17,20,24H,6-14H2,1H3/t15-,16+,17+,20-,21?,22?/m0/s1. The van der Waals surface area contributed by atoms with Gasteiger partial charge in [-0.15, -0.1) is 0 Å². The van der Waals surface area contributed by atoms with Crippen LogP contribution in [0.5, 0.6) is 0 Å². The Bertz CT molecular complexity index is 622. The van der Waals surface area contributed by atoms with Gasteiger partial charge in [-0.2, -0.15) is 11.8 Å². The summed E-state index contributed by atoms with van der Waals surface area (Å²) in [5.41, 5.74) is 2.52. The molecule has 0 amide bonds. The predicted molar refractivity (Wildman–Crippen MR) is 109 cm³/mol. The van der Waals surface area contributed by atoms with Crippen LogP contribution in [0.4, 0.5) is 0 Å². The lowest BCUT2D eigenvalue weighted by molar-refractivity contribution is -0.0892. The normalized spacial score (nSPS) is 43.5. The summed E-state index contributed by atoms with van der Waals surface area (Å²) in [6.07, 6.45) is 10.0. The van der Waals surface area contributed by atoms with Gasteiger partial charge in [0.15, 0.2) is 0 Å². The Hall–Kier alpha value is -0.180. The SMILES string of the molecule is C[C@H](N[C@H]1CCSC1)C12C[C@H]3C[C@@H](CC(c4ccc(Cl)cc4)(C3)C1)C2. The van der Waals surface area contributed by atoms with Gasteiger partial charge in [0.2, 0.25) is 0 Å². The van der Waals surface area contributed by atoms with Gasteiger partial charge in [-0.25, -0.2) is 0 Å². The van der Waals surface area contributed by atoms with Crippen molar-refractivity contribution >= 4 is 23.4 Å². The van der Waals surface area contributed by atoms with Crippen LogP contribution >= 0.6 is 23.4 Å². The Morgan fingerprint density at radius 2 is 1.84 bits per heavy atom. The fourth-order valence-electron chi connectivity index (χ4n) is 7.18. The van der Waals surface area contributed by atoms with Crippen molar-refractivity contribution in [3.63, 3.8) is 0 Å². The molecule has 1 saturated heterocycles. The Balaban J connectivity index is 1.44. The molecule has 1 nitrogen and oxygen atoms in total. The third kappa shape index (κ3) is 2.87. The molecule has 4 bridgehead atoms. The molecule has 1 N–H and O–H groups in total. The average Bonchev–Trinajstić information content (AvgIpc) is 3.07. The monoisotopic (exact) mass is 375 g/mol. The van der Waals surface area contributed by atoms with Crippen LogP contribution in [0, 0.1) is 17.3 Å². The average molecular weight is 376 g/mol. The van der Waals surface area contributed by atoms with E-state index in [0.29, 0.717) is 16.9 Å². The number of hydrogen-bond donors (Lipinski definition) is 1. The highest BCUT2D eigenvalue weighted by Crippen LogP contribution is 2.66. The molecular formula is C22H30ClNS. The minimum atomic E-state index is 0.426. The Morgan fingerprint density at radius 3 is 2.48 bits per heavy atom. The summed E-state index contributed by atoms with van der Waals surface area (Å²) < 4.78 is 0. The number of rotatable bonds is 4. The summed E-state index contributed by atoms with van der Waals surface area (Å²) in [5, 5.41) is 4.94. The fourth-order valence-corrected chi connectivity index (χ4v) is 8.47. The highest BCUT2D eigenvalue weighted by molar-refractivity contribution is 7.99. The summed E-state index contributed by atoms with van der Waals surface area (Å²) in [6, 6.07) is 10.3. The lowest BCUT2D eigenvalue weighted by atomic mass is 9.41. The minimum Gasteiger partial charge on any atom is -0.310 e. The molecule has 4 saturated carbocycles. The van der Waals surface area contributed by atoms with Gasteiger partial charge in [-0.3, -0.25) is 0 Å². The molecule has 25 heavy (non-hydrogen) atoms.